The lowest BCUT2D eigenvalue weighted by molar-refractivity contribution is -0.223. The molecule has 4 fully saturated rings. The van der Waals surface area contributed by atoms with Gasteiger partial charge in [-0.1, -0.05) is 12.8 Å². The van der Waals surface area contributed by atoms with E-state index < -0.39 is 0 Å². The van der Waals surface area contributed by atoms with Gasteiger partial charge < -0.3 is 10.2 Å². The average molecular weight is 196 g/mol. The molecule has 1 spiro atoms. The van der Waals surface area contributed by atoms with E-state index in [4.69, 9.17) is 0 Å². The Balaban J connectivity index is 2.02. The lowest BCUT2D eigenvalue weighted by Crippen LogP contribution is -2.64. The predicted octanol–water partition coefficient (Wildman–Crippen LogP) is 1.70. The fourth-order valence-electron chi connectivity index (χ4n) is 5.15. The molecule has 0 amide bonds. The van der Waals surface area contributed by atoms with E-state index in [0.29, 0.717) is 18.6 Å². The normalized spacial score (nSPS) is 55.3. The van der Waals surface area contributed by atoms with E-state index in [1.807, 2.05) is 0 Å². The van der Waals surface area contributed by atoms with Crippen LogP contribution in [0.3, 0.4) is 0 Å². The van der Waals surface area contributed by atoms with Crippen LogP contribution in [0.25, 0.3) is 0 Å². The maximum absolute atomic E-state index is 9.73. The number of aliphatic hydroxyl groups is 2. The molecule has 4 aliphatic rings. The molecule has 0 aromatic heterocycles. The minimum atomic E-state index is 0.113. The van der Waals surface area contributed by atoms with Crippen LogP contribution in [0, 0.1) is 16.2 Å². The number of fused-ring (bicyclic) bond motifs is 1. The first-order valence-corrected chi connectivity index (χ1v) is 5.96. The van der Waals surface area contributed by atoms with Gasteiger partial charge in [0.15, 0.2) is 0 Å². The molecule has 0 radical (unpaired) electrons. The quantitative estimate of drug-likeness (QED) is 0.705. The van der Waals surface area contributed by atoms with Crippen LogP contribution >= 0.6 is 0 Å². The van der Waals surface area contributed by atoms with Gasteiger partial charge in [0.25, 0.3) is 0 Å². The molecule has 14 heavy (non-hydrogen) atoms. The van der Waals surface area contributed by atoms with E-state index >= 15 is 0 Å². The van der Waals surface area contributed by atoms with Crippen LogP contribution in [0.4, 0.5) is 0 Å². The second-order valence-electron chi connectivity index (χ2n) is 5.84. The first-order valence-electron chi connectivity index (χ1n) is 5.96. The topological polar surface area (TPSA) is 40.5 Å². The second kappa shape index (κ2) is 2.53. The summed E-state index contributed by atoms with van der Waals surface area (Å²) in [6.07, 6.45) is 8.65. The Morgan fingerprint density at radius 2 is 1.64 bits per heavy atom. The summed E-state index contributed by atoms with van der Waals surface area (Å²) in [6.45, 7) is 0.614. The van der Waals surface area contributed by atoms with Gasteiger partial charge in [-0.05, 0) is 37.5 Å². The molecule has 4 aliphatic carbocycles. The summed E-state index contributed by atoms with van der Waals surface area (Å²) in [6, 6.07) is 0. The van der Waals surface area contributed by atoms with Gasteiger partial charge in [-0.25, -0.2) is 0 Å². The molecule has 0 aromatic rings. The summed E-state index contributed by atoms with van der Waals surface area (Å²) in [7, 11) is 0. The summed E-state index contributed by atoms with van der Waals surface area (Å²) in [5.74, 6) is 0. The lowest BCUT2D eigenvalue weighted by Gasteiger charge is -2.67. The van der Waals surface area contributed by atoms with Crippen LogP contribution in [0.2, 0.25) is 0 Å². The highest BCUT2D eigenvalue weighted by atomic mass is 16.3. The van der Waals surface area contributed by atoms with Crippen LogP contribution in [0.1, 0.15) is 44.9 Å². The molecular weight excluding hydrogens is 176 g/mol. The van der Waals surface area contributed by atoms with Crippen molar-refractivity contribution in [1.29, 1.82) is 0 Å². The maximum atomic E-state index is 9.73. The zero-order chi connectivity index (χ0) is 9.86. The van der Waals surface area contributed by atoms with E-state index in [2.05, 4.69) is 0 Å². The molecule has 4 rings (SSSR count). The van der Waals surface area contributed by atoms with Crippen LogP contribution in [-0.2, 0) is 0 Å². The van der Waals surface area contributed by atoms with Crippen molar-refractivity contribution < 1.29 is 10.2 Å². The smallest absolute Gasteiger partial charge is 0.0498 e. The zero-order valence-electron chi connectivity index (χ0n) is 8.76. The Bertz CT molecular complexity index is 253. The Labute approximate surface area is 85.3 Å². The molecular formula is C12H20O2. The van der Waals surface area contributed by atoms with Crippen LogP contribution in [-0.4, -0.2) is 23.4 Å². The average Bonchev–Trinajstić information content (AvgIpc) is 2.71. The number of hydrogen-bond acceptors (Lipinski definition) is 2. The lowest BCUT2D eigenvalue weighted by atomic mass is 9.38. The minimum absolute atomic E-state index is 0.113. The fourth-order valence-corrected chi connectivity index (χ4v) is 5.15. The number of rotatable bonds is 2. The third-order valence-electron chi connectivity index (χ3n) is 5.87. The summed E-state index contributed by atoms with van der Waals surface area (Å²) in [4.78, 5) is 0. The molecule has 0 saturated heterocycles. The van der Waals surface area contributed by atoms with E-state index in [0.717, 1.165) is 12.8 Å². The van der Waals surface area contributed by atoms with Crippen molar-refractivity contribution in [2.45, 2.75) is 44.9 Å². The highest BCUT2D eigenvalue weighted by Crippen LogP contribution is 2.81. The van der Waals surface area contributed by atoms with Gasteiger partial charge >= 0.3 is 0 Å². The first kappa shape index (κ1) is 9.17. The highest BCUT2D eigenvalue weighted by Gasteiger charge is 2.76. The van der Waals surface area contributed by atoms with Gasteiger partial charge in [-0.15, -0.1) is 0 Å². The Hall–Kier alpha value is -0.0800. The molecule has 2 bridgehead atoms. The summed E-state index contributed by atoms with van der Waals surface area (Å²) >= 11 is 0. The Morgan fingerprint density at radius 3 is 2.36 bits per heavy atom. The van der Waals surface area contributed by atoms with Crippen LogP contribution in [0.15, 0.2) is 0 Å². The number of hydrogen-bond donors (Lipinski definition) is 2. The van der Waals surface area contributed by atoms with Crippen molar-refractivity contribution in [3.05, 3.63) is 0 Å². The van der Waals surface area contributed by atoms with Gasteiger partial charge in [-0.2, -0.15) is 0 Å². The Kier molecular flexibility index (Phi) is 1.66. The third kappa shape index (κ3) is 0.674. The minimum Gasteiger partial charge on any atom is -0.396 e. The van der Waals surface area contributed by atoms with Crippen molar-refractivity contribution in [3.8, 4) is 0 Å². The van der Waals surface area contributed by atoms with Gasteiger partial charge in [0, 0.05) is 24.0 Å². The van der Waals surface area contributed by atoms with Gasteiger partial charge in [-0.3, -0.25) is 0 Å². The summed E-state index contributed by atoms with van der Waals surface area (Å²) in [5.41, 5.74) is 0.665. The van der Waals surface area contributed by atoms with Crippen molar-refractivity contribution >= 4 is 0 Å². The molecule has 3 unspecified atom stereocenters. The second-order valence-corrected chi connectivity index (χ2v) is 5.84. The zero-order valence-corrected chi connectivity index (χ0v) is 8.76. The molecule has 2 nitrogen and oxygen atoms in total. The largest absolute Gasteiger partial charge is 0.396 e. The molecule has 0 heterocycles. The molecule has 2 N–H and O–H groups in total. The molecule has 4 saturated carbocycles. The SMILES string of the molecule is OCC12CCC3(CCCCC13CO)C2. The van der Waals surface area contributed by atoms with E-state index in [1.54, 1.807) is 0 Å². The molecule has 3 atom stereocenters. The van der Waals surface area contributed by atoms with Gasteiger partial charge in [0.1, 0.15) is 0 Å². The number of aliphatic hydroxyl groups excluding tert-OH is 2. The Morgan fingerprint density at radius 1 is 0.857 bits per heavy atom. The summed E-state index contributed by atoms with van der Waals surface area (Å²) < 4.78 is 0. The maximum Gasteiger partial charge on any atom is 0.0498 e. The molecule has 80 valence electrons. The van der Waals surface area contributed by atoms with E-state index in [-0.39, 0.29) is 10.8 Å². The van der Waals surface area contributed by atoms with Gasteiger partial charge in [0.2, 0.25) is 0 Å². The first-order chi connectivity index (χ1) is 6.74. The van der Waals surface area contributed by atoms with Crippen molar-refractivity contribution in [1.82, 2.24) is 0 Å². The van der Waals surface area contributed by atoms with Crippen molar-refractivity contribution in [3.63, 3.8) is 0 Å². The molecule has 0 aliphatic heterocycles. The predicted molar refractivity (Wildman–Crippen MR) is 53.8 cm³/mol. The standard InChI is InChI=1S/C12H20O2/c13-8-11-6-5-10(7-11)3-1-2-4-12(10,11)9-14/h13-14H,1-9H2. The summed E-state index contributed by atoms with van der Waals surface area (Å²) in [5, 5.41) is 19.3. The highest BCUT2D eigenvalue weighted by molar-refractivity contribution is 5.25. The third-order valence-corrected chi connectivity index (χ3v) is 5.87. The van der Waals surface area contributed by atoms with E-state index in [1.165, 1.54) is 32.1 Å². The molecule has 2 heteroatoms. The molecule has 0 aromatic carbocycles. The van der Waals surface area contributed by atoms with Crippen LogP contribution in [0.5, 0.6) is 0 Å². The van der Waals surface area contributed by atoms with Gasteiger partial charge in [0.05, 0.1) is 0 Å². The van der Waals surface area contributed by atoms with Crippen molar-refractivity contribution in [2.24, 2.45) is 16.2 Å². The van der Waals surface area contributed by atoms with Crippen LogP contribution < -0.4 is 0 Å². The fraction of sp³-hybridized carbons (Fsp3) is 1.00. The van der Waals surface area contributed by atoms with E-state index in [9.17, 15) is 10.2 Å². The van der Waals surface area contributed by atoms with Crippen molar-refractivity contribution in [2.75, 3.05) is 13.2 Å². The monoisotopic (exact) mass is 196 g/mol.